The van der Waals surface area contributed by atoms with Gasteiger partial charge < -0.3 is 19.3 Å². The Morgan fingerprint density at radius 2 is 2.00 bits per heavy atom. The van der Waals surface area contributed by atoms with Gasteiger partial charge in [0.25, 0.3) is 0 Å². The second kappa shape index (κ2) is 7.40. The van der Waals surface area contributed by atoms with Crippen molar-refractivity contribution in [2.45, 2.75) is 32.0 Å². The van der Waals surface area contributed by atoms with Crippen molar-refractivity contribution in [3.63, 3.8) is 0 Å². The molecule has 0 aromatic heterocycles. The maximum atomic E-state index is 9.64. The van der Waals surface area contributed by atoms with Crippen molar-refractivity contribution in [2.75, 3.05) is 13.2 Å². The zero-order valence-corrected chi connectivity index (χ0v) is 11.1. The van der Waals surface area contributed by atoms with Gasteiger partial charge in [-0.2, -0.15) is 0 Å². The lowest BCUT2D eigenvalue weighted by Gasteiger charge is -2.29. The summed E-state index contributed by atoms with van der Waals surface area (Å²) in [5.41, 5.74) is 1.13. The molecule has 104 valence electrons. The average molecular weight is 264 g/mol. The third-order valence-corrected chi connectivity index (χ3v) is 2.84. The van der Waals surface area contributed by atoms with Gasteiger partial charge in [0, 0.05) is 6.61 Å². The van der Waals surface area contributed by atoms with Crippen LogP contribution < -0.4 is 0 Å². The van der Waals surface area contributed by atoms with Crippen molar-refractivity contribution < 1.29 is 19.3 Å². The molecule has 2 rings (SSSR count). The third kappa shape index (κ3) is 4.44. The van der Waals surface area contributed by atoms with E-state index in [0.29, 0.717) is 19.8 Å². The van der Waals surface area contributed by atoms with Crippen LogP contribution in [0.1, 0.15) is 12.5 Å². The summed E-state index contributed by atoms with van der Waals surface area (Å²) in [5.74, 6) is 0. The fourth-order valence-electron chi connectivity index (χ4n) is 1.89. The molecule has 1 heterocycles. The summed E-state index contributed by atoms with van der Waals surface area (Å²) in [5, 5.41) is 9.64. The largest absolute Gasteiger partial charge is 0.384 e. The van der Waals surface area contributed by atoms with Gasteiger partial charge in [-0.25, -0.2) is 0 Å². The third-order valence-electron chi connectivity index (χ3n) is 2.84. The summed E-state index contributed by atoms with van der Waals surface area (Å²) in [4.78, 5) is 0. The second-order valence-corrected chi connectivity index (χ2v) is 4.37. The molecule has 1 N–H and O–H groups in total. The highest BCUT2D eigenvalue weighted by Crippen LogP contribution is 2.15. The molecule has 0 amide bonds. The summed E-state index contributed by atoms with van der Waals surface area (Å²) >= 11 is 0. The average Bonchev–Trinajstić information content (AvgIpc) is 2.44. The molecular weight excluding hydrogens is 244 g/mol. The standard InChI is InChI=1S/C15H20O4/c1-2-18-15-14(16)9-8-13(19-15)11-17-10-12-6-4-3-5-7-12/h3-9,13-16H,2,10-11H2,1H3/t13-,14+,15-/m0/s1. The second-order valence-electron chi connectivity index (χ2n) is 4.37. The molecule has 0 spiro atoms. The predicted molar refractivity (Wildman–Crippen MR) is 71.5 cm³/mol. The number of benzene rings is 1. The van der Waals surface area contributed by atoms with Crippen LogP contribution >= 0.6 is 0 Å². The van der Waals surface area contributed by atoms with Gasteiger partial charge in [-0.3, -0.25) is 0 Å². The quantitative estimate of drug-likeness (QED) is 0.797. The summed E-state index contributed by atoms with van der Waals surface area (Å²) in [7, 11) is 0. The van der Waals surface area contributed by atoms with E-state index < -0.39 is 12.4 Å². The van der Waals surface area contributed by atoms with E-state index in [0.717, 1.165) is 5.56 Å². The van der Waals surface area contributed by atoms with Gasteiger partial charge in [0.2, 0.25) is 0 Å². The molecule has 0 radical (unpaired) electrons. The Morgan fingerprint density at radius 3 is 2.74 bits per heavy atom. The molecule has 1 aliphatic rings. The molecule has 0 saturated carbocycles. The van der Waals surface area contributed by atoms with Gasteiger partial charge in [-0.15, -0.1) is 0 Å². The minimum atomic E-state index is -0.703. The molecule has 0 fully saturated rings. The number of ether oxygens (including phenoxy) is 3. The van der Waals surface area contributed by atoms with Crippen LogP contribution in [0.15, 0.2) is 42.5 Å². The normalized spacial score (nSPS) is 26.5. The lowest BCUT2D eigenvalue weighted by molar-refractivity contribution is -0.209. The molecule has 1 aromatic carbocycles. The van der Waals surface area contributed by atoms with Gasteiger partial charge in [0.1, 0.15) is 12.2 Å². The van der Waals surface area contributed by atoms with Crippen LogP contribution in [0.25, 0.3) is 0 Å². The van der Waals surface area contributed by atoms with Crippen LogP contribution in [0.4, 0.5) is 0 Å². The molecule has 1 aliphatic heterocycles. The number of aliphatic hydroxyl groups is 1. The van der Waals surface area contributed by atoms with Crippen molar-refractivity contribution in [1.82, 2.24) is 0 Å². The molecule has 0 unspecified atom stereocenters. The summed E-state index contributed by atoms with van der Waals surface area (Å²) in [6, 6.07) is 9.98. The number of rotatable bonds is 6. The Bertz CT molecular complexity index is 390. The molecular formula is C15H20O4. The molecule has 4 nitrogen and oxygen atoms in total. The molecule has 0 bridgehead atoms. The molecule has 4 heteroatoms. The topological polar surface area (TPSA) is 47.9 Å². The minimum absolute atomic E-state index is 0.177. The van der Waals surface area contributed by atoms with Crippen molar-refractivity contribution in [1.29, 1.82) is 0 Å². The van der Waals surface area contributed by atoms with Crippen LogP contribution in [-0.2, 0) is 20.8 Å². The van der Waals surface area contributed by atoms with Gasteiger partial charge >= 0.3 is 0 Å². The summed E-state index contributed by atoms with van der Waals surface area (Å²) in [6.07, 6.45) is 2.03. The zero-order chi connectivity index (χ0) is 13.5. The van der Waals surface area contributed by atoms with Gasteiger partial charge in [0.15, 0.2) is 6.29 Å². The maximum absolute atomic E-state index is 9.64. The fraction of sp³-hybridized carbons (Fsp3) is 0.467. The van der Waals surface area contributed by atoms with E-state index in [1.807, 2.05) is 43.3 Å². The van der Waals surface area contributed by atoms with Crippen molar-refractivity contribution >= 4 is 0 Å². The fourth-order valence-corrected chi connectivity index (χ4v) is 1.89. The Kier molecular flexibility index (Phi) is 5.54. The van der Waals surface area contributed by atoms with E-state index in [1.54, 1.807) is 6.08 Å². The van der Waals surface area contributed by atoms with E-state index in [1.165, 1.54) is 0 Å². The van der Waals surface area contributed by atoms with Crippen molar-refractivity contribution in [2.24, 2.45) is 0 Å². The van der Waals surface area contributed by atoms with Gasteiger partial charge in [-0.1, -0.05) is 42.5 Å². The maximum Gasteiger partial charge on any atom is 0.187 e. The first-order valence-corrected chi connectivity index (χ1v) is 6.54. The number of hydrogen-bond donors (Lipinski definition) is 1. The highest BCUT2D eigenvalue weighted by atomic mass is 16.7. The lowest BCUT2D eigenvalue weighted by Crippen LogP contribution is -2.38. The number of hydrogen-bond acceptors (Lipinski definition) is 4. The Morgan fingerprint density at radius 1 is 1.21 bits per heavy atom. The van der Waals surface area contributed by atoms with E-state index in [9.17, 15) is 5.11 Å². The van der Waals surface area contributed by atoms with E-state index in [-0.39, 0.29) is 6.10 Å². The van der Waals surface area contributed by atoms with E-state index in [2.05, 4.69) is 0 Å². The lowest BCUT2D eigenvalue weighted by atomic mass is 10.2. The van der Waals surface area contributed by atoms with Crippen LogP contribution in [-0.4, -0.2) is 36.8 Å². The van der Waals surface area contributed by atoms with Crippen LogP contribution in [0, 0.1) is 0 Å². The monoisotopic (exact) mass is 264 g/mol. The predicted octanol–water partition coefficient (Wildman–Crippen LogP) is 1.88. The highest BCUT2D eigenvalue weighted by Gasteiger charge is 2.25. The number of aliphatic hydroxyl groups excluding tert-OH is 1. The summed E-state index contributed by atoms with van der Waals surface area (Å²) < 4.78 is 16.5. The smallest absolute Gasteiger partial charge is 0.187 e. The van der Waals surface area contributed by atoms with Crippen LogP contribution in [0.5, 0.6) is 0 Å². The van der Waals surface area contributed by atoms with Crippen molar-refractivity contribution in [3.05, 3.63) is 48.0 Å². The zero-order valence-electron chi connectivity index (χ0n) is 11.1. The Balaban J connectivity index is 1.76. The Labute approximate surface area is 113 Å². The van der Waals surface area contributed by atoms with Crippen molar-refractivity contribution in [3.8, 4) is 0 Å². The van der Waals surface area contributed by atoms with Crippen LogP contribution in [0.2, 0.25) is 0 Å². The first kappa shape index (κ1) is 14.2. The first-order valence-electron chi connectivity index (χ1n) is 6.54. The molecule has 1 aromatic rings. The Hall–Kier alpha value is -1.20. The molecule has 19 heavy (non-hydrogen) atoms. The van der Waals surface area contributed by atoms with E-state index in [4.69, 9.17) is 14.2 Å². The van der Waals surface area contributed by atoms with Gasteiger partial charge in [-0.05, 0) is 12.5 Å². The minimum Gasteiger partial charge on any atom is -0.384 e. The molecule has 0 aliphatic carbocycles. The first-order chi connectivity index (χ1) is 9.29. The van der Waals surface area contributed by atoms with Gasteiger partial charge in [0.05, 0.1) is 13.2 Å². The summed E-state index contributed by atoms with van der Waals surface area (Å²) in [6.45, 7) is 3.38. The molecule has 0 saturated heterocycles. The SMILES string of the molecule is CCO[C@H]1O[C@H](COCc2ccccc2)C=C[C@H]1O. The van der Waals surface area contributed by atoms with E-state index >= 15 is 0 Å². The molecule has 3 atom stereocenters. The highest BCUT2D eigenvalue weighted by molar-refractivity contribution is 5.13. The van der Waals surface area contributed by atoms with Crippen LogP contribution in [0.3, 0.4) is 0 Å².